The zero-order valence-electron chi connectivity index (χ0n) is 17.4. The van der Waals surface area contributed by atoms with Gasteiger partial charge in [0.2, 0.25) is 5.78 Å². The lowest BCUT2D eigenvalue weighted by molar-refractivity contribution is -0.140. The summed E-state index contributed by atoms with van der Waals surface area (Å²) in [5, 5.41) is 0. The summed E-state index contributed by atoms with van der Waals surface area (Å²) in [6, 6.07) is 11.0. The Morgan fingerprint density at radius 1 is 0.968 bits per heavy atom. The van der Waals surface area contributed by atoms with Gasteiger partial charge in [0.15, 0.2) is 0 Å². The maximum atomic E-state index is 12.0. The Kier molecular flexibility index (Phi) is 7.26. The molecule has 1 aromatic carbocycles. The van der Waals surface area contributed by atoms with Crippen molar-refractivity contribution in [2.75, 3.05) is 32.2 Å². The predicted octanol–water partition coefficient (Wildman–Crippen LogP) is 2.89. The maximum Gasteiger partial charge on any atom is 0.307 e. The molecular weight excluding hydrogens is 398 g/mol. The van der Waals surface area contributed by atoms with Crippen LogP contribution in [0.5, 0.6) is 0 Å². The molecule has 0 spiro atoms. The van der Waals surface area contributed by atoms with E-state index in [2.05, 4.69) is 9.98 Å². The lowest BCUT2D eigenvalue weighted by atomic mass is 9.99. The number of ketones is 1. The molecule has 0 amide bonds. The largest absolute Gasteiger partial charge is 0.469 e. The number of hydrogen-bond acceptors (Lipinski definition) is 8. The van der Waals surface area contributed by atoms with E-state index in [1.54, 1.807) is 18.3 Å². The summed E-state index contributed by atoms with van der Waals surface area (Å²) in [6.07, 6.45) is 5.12. The van der Waals surface area contributed by atoms with E-state index in [9.17, 15) is 14.4 Å². The molecule has 31 heavy (non-hydrogen) atoms. The van der Waals surface area contributed by atoms with Crippen LogP contribution in [0.2, 0.25) is 0 Å². The summed E-state index contributed by atoms with van der Waals surface area (Å²) in [6.45, 7) is 0.808. The molecule has 0 saturated carbocycles. The van der Waals surface area contributed by atoms with E-state index >= 15 is 0 Å². The average Bonchev–Trinajstić information content (AvgIpc) is 2.81. The van der Waals surface area contributed by atoms with Gasteiger partial charge in [0.25, 0.3) is 0 Å². The van der Waals surface area contributed by atoms with Gasteiger partial charge in [-0.1, -0.05) is 0 Å². The third-order valence-corrected chi connectivity index (χ3v) is 4.80. The standard InChI is InChI=1S/C23H23N3O5/c1-30-21(28)11-14-26(15-12-22(29)31-2)17-7-5-16(6-8-17)25-19-9-10-20(27)23-18(19)4-3-13-24-23/h3-10,13H,11-12,14-15H2,1-2H3. The smallest absolute Gasteiger partial charge is 0.307 e. The molecule has 2 aromatic rings. The fourth-order valence-electron chi connectivity index (χ4n) is 3.13. The molecule has 8 heteroatoms. The van der Waals surface area contributed by atoms with Crippen LogP contribution >= 0.6 is 0 Å². The highest BCUT2D eigenvalue weighted by Crippen LogP contribution is 2.23. The van der Waals surface area contributed by atoms with Crippen LogP contribution in [0.25, 0.3) is 0 Å². The molecule has 0 unspecified atom stereocenters. The van der Waals surface area contributed by atoms with Crippen molar-refractivity contribution in [1.82, 2.24) is 4.98 Å². The number of rotatable bonds is 8. The summed E-state index contributed by atoms with van der Waals surface area (Å²) in [5.41, 5.74) is 3.28. The number of esters is 2. The minimum atomic E-state index is -0.322. The van der Waals surface area contributed by atoms with Crippen LogP contribution in [0, 0.1) is 0 Å². The summed E-state index contributed by atoms with van der Waals surface area (Å²) in [4.78, 5) is 45.8. The van der Waals surface area contributed by atoms with Crippen LogP contribution < -0.4 is 4.90 Å². The quantitative estimate of drug-likeness (QED) is 0.605. The number of carbonyl (C=O) groups excluding carboxylic acids is 3. The van der Waals surface area contributed by atoms with Crippen molar-refractivity contribution in [3.8, 4) is 0 Å². The van der Waals surface area contributed by atoms with Gasteiger partial charge in [-0.15, -0.1) is 0 Å². The van der Waals surface area contributed by atoms with E-state index in [0.29, 0.717) is 35.7 Å². The topological polar surface area (TPSA) is 98.2 Å². The second-order valence-electron chi connectivity index (χ2n) is 6.75. The first-order valence-corrected chi connectivity index (χ1v) is 9.77. The highest BCUT2D eigenvalue weighted by molar-refractivity contribution is 6.23. The van der Waals surface area contributed by atoms with Crippen LogP contribution in [-0.4, -0.2) is 55.7 Å². The number of allylic oxidation sites excluding steroid dienone is 2. The van der Waals surface area contributed by atoms with Crippen molar-refractivity contribution in [3.63, 3.8) is 0 Å². The van der Waals surface area contributed by atoms with Crippen molar-refractivity contribution in [1.29, 1.82) is 0 Å². The third kappa shape index (κ3) is 5.63. The molecule has 1 aliphatic carbocycles. The van der Waals surface area contributed by atoms with E-state index in [1.807, 2.05) is 35.2 Å². The van der Waals surface area contributed by atoms with Gasteiger partial charge in [0.1, 0.15) is 5.69 Å². The first-order valence-electron chi connectivity index (χ1n) is 9.77. The molecule has 1 aliphatic rings. The third-order valence-electron chi connectivity index (χ3n) is 4.80. The van der Waals surface area contributed by atoms with Crippen LogP contribution in [0.15, 0.2) is 59.7 Å². The van der Waals surface area contributed by atoms with E-state index in [1.165, 1.54) is 20.3 Å². The van der Waals surface area contributed by atoms with Gasteiger partial charge in [0, 0.05) is 30.5 Å². The first-order chi connectivity index (χ1) is 15.0. The van der Waals surface area contributed by atoms with Crippen molar-refractivity contribution in [3.05, 3.63) is 66.0 Å². The zero-order chi connectivity index (χ0) is 22.2. The van der Waals surface area contributed by atoms with E-state index in [-0.39, 0.29) is 30.6 Å². The van der Waals surface area contributed by atoms with Crippen molar-refractivity contribution in [2.24, 2.45) is 4.99 Å². The van der Waals surface area contributed by atoms with Gasteiger partial charge in [-0.2, -0.15) is 0 Å². The molecule has 0 bridgehead atoms. The van der Waals surface area contributed by atoms with Gasteiger partial charge in [-0.3, -0.25) is 19.4 Å². The number of methoxy groups -OCH3 is 2. The minimum Gasteiger partial charge on any atom is -0.469 e. The predicted molar refractivity (Wildman–Crippen MR) is 116 cm³/mol. The number of fused-ring (bicyclic) bond motifs is 1. The molecule has 0 aliphatic heterocycles. The Morgan fingerprint density at radius 3 is 2.23 bits per heavy atom. The lowest BCUT2D eigenvalue weighted by Gasteiger charge is -2.24. The van der Waals surface area contributed by atoms with Crippen LogP contribution in [0.1, 0.15) is 28.9 Å². The molecule has 1 heterocycles. The molecule has 0 atom stereocenters. The van der Waals surface area contributed by atoms with Crippen molar-refractivity contribution in [2.45, 2.75) is 12.8 Å². The highest BCUT2D eigenvalue weighted by Gasteiger charge is 2.18. The van der Waals surface area contributed by atoms with Gasteiger partial charge in [0.05, 0.1) is 38.5 Å². The number of nitrogens with zero attached hydrogens (tertiary/aromatic N) is 3. The number of carbonyl (C=O) groups is 3. The zero-order valence-corrected chi connectivity index (χ0v) is 17.4. The molecule has 3 rings (SSSR count). The molecule has 0 radical (unpaired) electrons. The number of aromatic nitrogens is 1. The SMILES string of the molecule is COC(=O)CCN(CCC(=O)OC)c1ccc(N=C2C=CC(=O)c3ncccc32)cc1. The Balaban J connectivity index is 1.79. The normalized spacial score (nSPS) is 13.6. The molecule has 0 fully saturated rings. The van der Waals surface area contributed by atoms with Gasteiger partial charge in [-0.05, 0) is 48.6 Å². The summed E-state index contributed by atoms with van der Waals surface area (Å²) >= 11 is 0. The Hall–Kier alpha value is -3.81. The minimum absolute atomic E-state index is 0.142. The number of ether oxygens (including phenoxy) is 2. The van der Waals surface area contributed by atoms with Gasteiger partial charge < -0.3 is 14.4 Å². The number of aliphatic imine (C=N–C) groups is 1. The summed E-state index contributed by atoms with van der Waals surface area (Å²) in [7, 11) is 2.69. The first kappa shape index (κ1) is 21.9. The molecule has 8 nitrogen and oxygen atoms in total. The van der Waals surface area contributed by atoms with E-state index < -0.39 is 0 Å². The Labute approximate surface area is 180 Å². The fourth-order valence-corrected chi connectivity index (χ4v) is 3.13. The van der Waals surface area contributed by atoms with E-state index in [4.69, 9.17) is 9.47 Å². The van der Waals surface area contributed by atoms with Crippen LogP contribution in [0.3, 0.4) is 0 Å². The monoisotopic (exact) mass is 421 g/mol. The number of pyridine rings is 1. The highest BCUT2D eigenvalue weighted by atomic mass is 16.5. The number of anilines is 1. The van der Waals surface area contributed by atoms with Crippen molar-refractivity contribution < 1.29 is 23.9 Å². The van der Waals surface area contributed by atoms with Crippen molar-refractivity contribution >= 4 is 34.8 Å². The lowest BCUT2D eigenvalue weighted by Crippen LogP contribution is -2.29. The number of hydrogen-bond donors (Lipinski definition) is 0. The van der Waals surface area contributed by atoms with Crippen LogP contribution in [0.4, 0.5) is 11.4 Å². The van der Waals surface area contributed by atoms with E-state index in [0.717, 1.165) is 5.69 Å². The summed E-state index contributed by atoms with van der Waals surface area (Å²) in [5.74, 6) is -0.786. The number of benzene rings is 1. The second kappa shape index (κ2) is 10.3. The fraction of sp³-hybridized carbons (Fsp3) is 0.261. The molecule has 0 saturated heterocycles. The molecule has 1 aromatic heterocycles. The van der Waals surface area contributed by atoms with Gasteiger partial charge >= 0.3 is 11.9 Å². The molecular formula is C23H23N3O5. The maximum absolute atomic E-state index is 12.0. The average molecular weight is 421 g/mol. The van der Waals surface area contributed by atoms with Gasteiger partial charge in [-0.25, -0.2) is 4.99 Å². The Bertz CT molecular complexity index is 1010. The second-order valence-corrected chi connectivity index (χ2v) is 6.75. The molecule has 160 valence electrons. The summed E-state index contributed by atoms with van der Waals surface area (Å²) < 4.78 is 9.43. The van der Waals surface area contributed by atoms with Crippen LogP contribution in [-0.2, 0) is 19.1 Å². The Morgan fingerprint density at radius 2 is 1.61 bits per heavy atom. The molecule has 0 N–H and O–H groups in total.